The number of hydrogen-bond donors (Lipinski definition) is 1. The molecule has 0 radical (unpaired) electrons. The fraction of sp³-hybridized carbons (Fsp3) is 0.632. The second-order valence-electron chi connectivity index (χ2n) is 6.58. The summed E-state index contributed by atoms with van der Waals surface area (Å²) in [7, 11) is 3.85. The summed E-state index contributed by atoms with van der Waals surface area (Å²) in [5, 5.41) is 3.34. The summed E-state index contributed by atoms with van der Waals surface area (Å²) in [5.74, 6) is 2.01. The lowest BCUT2D eigenvalue weighted by atomic mass is 9.96. The maximum Gasteiger partial charge on any atom is 0.193 e. The molecule has 1 aliphatic heterocycles. The van der Waals surface area contributed by atoms with Gasteiger partial charge in [-0.1, -0.05) is 0 Å². The molecule has 1 aliphatic rings. The molecule has 1 saturated heterocycles. The molecule has 0 spiro atoms. The van der Waals surface area contributed by atoms with Crippen LogP contribution in [0.1, 0.15) is 26.2 Å². The molecule has 1 heterocycles. The highest BCUT2D eigenvalue weighted by Gasteiger charge is 2.15. The van der Waals surface area contributed by atoms with Gasteiger partial charge in [-0.3, -0.25) is 4.99 Å². The van der Waals surface area contributed by atoms with Crippen molar-refractivity contribution < 1.29 is 13.9 Å². The third kappa shape index (κ3) is 6.90. The van der Waals surface area contributed by atoms with Crippen LogP contribution < -0.4 is 10.1 Å². The molecule has 0 saturated carbocycles. The third-order valence-corrected chi connectivity index (χ3v) is 4.49. The summed E-state index contributed by atoms with van der Waals surface area (Å²) < 4.78 is 24.1. The molecule has 1 unspecified atom stereocenters. The Morgan fingerprint density at radius 3 is 2.68 bits per heavy atom. The van der Waals surface area contributed by atoms with Gasteiger partial charge < -0.3 is 19.7 Å². The molecule has 1 aromatic rings. The molecule has 0 aromatic heterocycles. The average Bonchev–Trinajstić information content (AvgIpc) is 2.63. The van der Waals surface area contributed by atoms with Gasteiger partial charge in [-0.2, -0.15) is 0 Å². The van der Waals surface area contributed by atoms with Crippen LogP contribution in [-0.2, 0) is 4.74 Å². The minimum atomic E-state index is -0.260. The Morgan fingerprint density at radius 1 is 1.36 bits per heavy atom. The van der Waals surface area contributed by atoms with Crippen LogP contribution in [0.5, 0.6) is 5.75 Å². The molecule has 1 fully saturated rings. The van der Waals surface area contributed by atoms with Gasteiger partial charge in [-0.05, 0) is 56.4 Å². The molecule has 5 nitrogen and oxygen atoms in total. The molecule has 0 aliphatic carbocycles. The maximum absolute atomic E-state index is 12.9. The van der Waals surface area contributed by atoms with Crippen LogP contribution in [0.2, 0.25) is 0 Å². The van der Waals surface area contributed by atoms with E-state index in [1.165, 1.54) is 12.1 Å². The van der Waals surface area contributed by atoms with E-state index in [1.807, 2.05) is 6.92 Å². The van der Waals surface area contributed by atoms with Crippen LogP contribution >= 0.6 is 0 Å². The molecular weight excluding hydrogens is 321 g/mol. The predicted octanol–water partition coefficient (Wildman–Crippen LogP) is 2.92. The Balaban J connectivity index is 1.71. The number of nitrogens with one attached hydrogen (secondary N) is 1. The number of rotatable bonds is 7. The zero-order valence-corrected chi connectivity index (χ0v) is 15.5. The third-order valence-electron chi connectivity index (χ3n) is 4.49. The summed E-state index contributed by atoms with van der Waals surface area (Å²) in [6, 6.07) is 6.08. The maximum atomic E-state index is 12.9. The molecule has 1 atom stereocenters. The molecular formula is C19H30FN3O2. The SMILES string of the molecule is CN=C(NCC(C)Oc1ccc(F)cc1)N(C)CCC1CCOCC1. The smallest absolute Gasteiger partial charge is 0.193 e. The van der Waals surface area contributed by atoms with E-state index in [1.54, 1.807) is 19.2 Å². The first-order valence-corrected chi connectivity index (χ1v) is 9.00. The Bertz CT molecular complexity index is 530. The van der Waals surface area contributed by atoms with Crippen molar-refractivity contribution in [2.24, 2.45) is 10.9 Å². The van der Waals surface area contributed by atoms with Crippen molar-refractivity contribution in [2.45, 2.75) is 32.3 Å². The first kappa shape index (κ1) is 19.5. The molecule has 0 bridgehead atoms. The van der Waals surface area contributed by atoms with Crippen molar-refractivity contribution in [3.63, 3.8) is 0 Å². The zero-order chi connectivity index (χ0) is 18.1. The van der Waals surface area contributed by atoms with Crippen LogP contribution in [-0.4, -0.2) is 57.4 Å². The molecule has 1 N–H and O–H groups in total. The van der Waals surface area contributed by atoms with Gasteiger partial charge >= 0.3 is 0 Å². The quantitative estimate of drug-likeness (QED) is 0.606. The van der Waals surface area contributed by atoms with Gasteiger partial charge in [-0.15, -0.1) is 0 Å². The highest BCUT2D eigenvalue weighted by atomic mass is 19.1. The van der Waals surface area contributed by atoms with Gasteiger partial charge in [0, 0.05) is 33.9 Å². The van der Waals surface area contributed by atoms with Crippen LogP contribution in [0.4, 0.5) is 4.39 Å². The van der Waals surface area contributed by atoms with Crippen molar-refractivity contribution >= 4 is 5.96 Å². The van der Waals surface area contributed by atoms with Gasteiger partial charge in [0.1, 0.15) is 17.7 Å². The number of ether oxygens (including phenoxy) is 2. The first-order chi connectivity index (χ1) is 12.1. The van der Waals surface area contributed by atoms with Crippen LogP contribution in [0.25, 0.3) is 0 Å². The van der Waals surface area contributed by atoms with E-state index in [0.717, 1.165) is 50.9 Å². The van der Waals surface area contributed by atoms with Gasteiger partial charge in [0.05, 0.1) is 6.54 Å². The fourth-order valence-corrected chi connectivity index (χ4v) is 2.92. The lowest BCUT2D eigenvalue weighted by Crippen LogP contribution is -2.43. The van der Waals surface area contributed by atoms with Gasteiger partial charge in [-0.25, -0.2) is 4.39 Å². The van der Waals surface area contributed by atoms with Crippen LogP contribution in [0, 0.1) is 11.7 Å². The van der Waals surface area contributed by atoms with E-state index in [2.05, 4.69) is 22.3 Å². The van der Waals surface area contributed by atoms with Gasteiger partial charge in [0.15, 0.2) is 5.96 Å². The highest BCUT2D eigenvalue weighted by Crippen LogP contribution is 2.18. The lowest BCUT2D eigenvalue weighted by Gasteiger charge is -2.27. The number of benzene rings is 1. The van der Waals surface area contributed by atoms with E-state index in [0.29, 0.717) is 12.3 Å². The largest absolute Gasteiger partial charge is 0.489 e. The second kappa shape index (κ2) is 10.2. The number of guanidine groups is 1. The van der Waals surface area contributed by atoms with E-state index in [-0.39, 0.29) is 11.9 Å². The van der Waals surface area contributed by atoms with Crippen molar-refractivity contribution in [3.05, 3.63) is 30.1 Å². The molecule has 2 rings (SSSR count). The fourth-order valence-electron chi connectivity index (χ4n) is 2.92. The minimum absolute atomic E-state index is 0.0499. The summed E-state index contributed by atoms with van der Waals surface area (Å²) in [6.45, 7) is 5.36. The van der Waals surface area contributed by atoms with Crippen molar-refractivity contribution in [1.82, 2.24) is 10.2 Å². The van der Waals surface area contributed by atoms with E-state index >= 15 is 0 Å². The first-order valence-electron chi connectivity index (χ1n) is 9.00. The normalized spacial score (nSPS) is 17.2. The summed E-state index contributed by atoms with van der Waals surface area (Å²) in [5.41, 5.74) is 0. The van der Waals surface area contributed by atoms with E-state index < -0.39 is 0 Å². The van der Waals surface area contributed by atoms with Crippen LogP contribution in [0.15, 0.2) is 29.3 Å². The zero-order valence-electron chi connectivity index (χ0n) is 15.5. The summed E-state index contributed by atoms with van der Waals surface area (Å²) in [4.78, 5) is 6.50. The molecule has 140 valence electrons. The lowest BCUT2D eigenvalue weighted by molar-refractivity contribution is 0.0625. The standard InChI is InChI=1S/C19H30FN3O2/c1-15(25-18-6-4-17(20)5-7-18)14-22-19(21-2)23(3)11-8-16-9-12-24-13-10-16/h4-7,15-16H,8-14H2,1-3H3,(H,21,22). The second-order valence-corrected chi connectivity index (χ2v) is 6.58. The Labute approximate surface area is 150 Å². The van der Waals surface area contributed by atoms with Gasteiger partial charge in [0.25, 0.3) is 0 Å². The summed E-state index contributed by atoms with van der Waals surface area (Å²) in [6.07, 6.45) is 3.42. The number of nitrogens with zero attached hydrogens (tertiary/aromatic N) is 2. The molecule has 0 amide bonds. The average molecular weight is 351 g/mol. The van der Waals surface area contributed by atoms with E-state index in [9.17, 15) is 4.39 Å². The molecule has 25 heavy (non-hydrogen) atoms. The Hall–Kier alpha value is -1.82. The summed E-state index contributed by atoms with van der Waals surface area (Å²) >= 11 is 0. The van der Waals surface area contributed by atoms with E-state index in [4.69, 9.17) is 9.47 Å². The Morgan fingerprint density at radius 2 is 2.04 bits per heavy atom. The molecule has 1 aromatic carbocycles. The van der Waals surface area contributed by atoms with Crippen molar-refractivity contribution in [2.75, 3.05) is 40.4 Å². The predicted molar refractivity (Wildman–Crippen MR) is 98.6 cm³/mol. The van der Waals surface area contributed by atoms with Crippen molar-refractivity contribution in [3.8, 4) is 5.75 Å². The van der Waals surface area contributed by atoms with Gasteiger partial charge in [0.2, 0.25) is 0 Å². The minimum Gasteiger partial charge on any atom is -0.489 e. The monoisotopic (exact) mass is 351 g/mol. The highest BCUT2D eigenvalue weighted by molar-refractivity contribution is 5.79. The molecule has 6 heteroatoms. The van der Waals surface area contributed by atoms with Crippen LogP contribution in [0.3, 0.4) is 0 Å². The Kier molecular flexibility index (Phi) is 7.98. The van der Waals surface area contributed by atoms with Crippen molar-refractivity contribution in [1.29, 1.82) is 0 Å². The number of halogens is 1. The number of aliphatic imine (C=N–C) groups is 1. The topological polar surface area (TPSA) is 46.1 Å². The number of hydrogen-bond acceptors (Lipinski definition) is 3.